The Hall–Kier alpha value is -1.36. The van der Waals surface area contributed by atoms with E-state index in [4.69, 9.17) is 10.5 Å². The average molecular weight is 310 g/mol. The van der Waals surface area contributed by atoms with Crippen LogP contribution in [0.3, 0.4) is 0 Å². The molecule has 0 bridgehead atoms. The van der Waals surface area contributed by atoms with Crippen molar-refractivity contribution < 1.29 is 9.53 Å². The van der Waals surface area contributed by atoms with E-state index < -0.39 is 0 Å². The van der Waals surface area contributed by atoms with Gasteiger partial charge in [-0.15, -0.1) is 11.8 Å². The molecule has 118 valence electrons. The Morgan fingerprint density at radius 3 is 2.67 bits per heavy atom. The van der Waals surface area contributed by atoms with Crippen molar-refractivity contribution in [3.05, 3.63) is 18.2 Å². The minimum atomic E-state index is -0.213. The van der Waals surface area contributed by atoms with Crippen molar-refractivity contribution in [3.8, 4) is 5.75 Å². The number of hydrogen-bond donors (Lipinski definition) is 2. The second kappa shape index (κ2) is 7.59. The minimum Gasteiger partial charge on any atom is -0.494 e. The van der Waals surface area contributed by atoms with Crippen LogP contribution in [0.4, 0.5) is 5.69 Å². The van der Waals surface area contributed by atoms with Crippen LogP contribution in [0.1, 0.15) is 41.0 Å². The number of hydrogen-bond acceptors (Lipinski definition) is 4. The highest BCUT2D eigenvalue weighted by molar-refractivity contribution is 8.00. The van der Waals surface area contributed by atoms with Crippen LogP contribution in [0.2, 0.25) is 0 Å². The molecule has 3 N–H and O–H groups in total. The van der Waals surface area contributed by atoms with Crippen LogP contribution in [-0.4, -0.2) is 23.3 Å². The fraction of sp³-hybridized carbons (Fsp3) is 0.562. The van der Waals surface area contributed by atoms with Crippen molar-refractivity contribution in [1.82, 2.24) is 5.32 Å². The van der Waals surface area contributed by atoms with Crippen LogP contribution >= 0.6 is 11.8 Å². The molecular weight excluding hydrogens is 284 g/mol. The first-order valence-corrected chi connectivity index (χ1v) is 8.18. The lowest BCUT2D eigenvalue weighted by Gasteiger charge is -2.26. The molecule has 0 aromatic heterocycles. The van der Waals surface area contributed by atoms with Gasteiger partial charge in [-0.3, -0.25) is 4.79 Å². The van der Waals surface area contributed by atoms with Crippen molar-refractivity contribution in [2.45, 2.75) is 56.7 Å². The van der Waals surface area contributed by atoms with E-state index in [1.807, 2.05) is 45.9 Å². The summed E-state index contributed by atoms with van der Waals surface area (Å²) in [6.07, 6.45) is 0.887. The van der Waals surface area contributed by atoms with Crippen molar-refractivity contribution >= 4 is 23.4 Å². The van der Waals surface area contributed by atoms with Gasteiger partial charge >= 0.3 is 0 Å². The molecule has 0 fully saturated rings. The number of carbonyl (C=O) groups is 1. The summed E-state index contributed by atoms with van der Waals surface area (Å²) in [6, 6.07) is 5.54. The molecule has 1 aromatic carbocycles. The summed E-state index contributed by atoms with van der Waals surface area (Å²) < 4.78 is 5.47. The van der Waals surface area contributed by atoms with E-state index in [1.165, 1.54) is 11.8 Å². The molecule has 0 saturated heterocycles. The number of anilines is 1. The molecule has 21 heavy (non-hydrogen) atoms. The SMILES string of the molecule is CCOc1ccc(N)c(SC(C)C(=O)NC(C)(C)CC)c1. The highest BCUT2D eigenvalue weighted by atomic mass is 32.2. The molecule has 0 aliphatic heterocycles. The van der Waals surface area contributed by atoms with Crippen molar-refractivity contribution in [3.63, 3.8) is 0 Å². The fourth-order valence-corrected chi connectivity index (χ4v) is 2.58. The summed E-state index contributed by atoms with van der Waals surface area (Å²) in [7, 11) is 0. The van der Waals surface area contributed by atoms with E-state index in [0.29, 0.717) is 12.3 Å². The number of amides is 1. The van der Waals surface area contributed by atoms with Gasteiger partial charge in [-0.1, -0.05) is 6.92 Å². The van der Waals surface area contributed by atoms with Crippen molar-refractivity contribution in [2.24, 2.45) is 0 Å². The molecule has 4 nitrogen and oxygen atoms in total. The number of nitrogen functional groups attached to an aromatic ring is 1. The van der Waals surface area contributed by atoms with Gasteiger partial charge in [0.25, 0.3) is 0 Å². The van der Waals surface area contributed by atoms with Crippen LogP contribution in [0, 0.1) is 0 Å². The molecule has 1 atom stereocenters. The molecule has 1 unspecified atom stereocenters. The summed E-state index contributed by atoms with van der Waals surface area (Å²) in [5.74, 6) is 0.795. The number of benzene rings is 1. The van der Waals surface area contributed by atoms with E-state index in [1.54, 1.807) is 0 Å². The lowest BCUT2D eigenvalue weighted by Crippen LogP contribution is -2.46. The van der Waals surface area contributed by atoms with Crippen LogP contribution in [-0.2, 0) is 4.79 Å². The largest absolute Gasteiger partial charge is 0.494 e. The lowest BCUT2D eigenvalue weighted by molar-refractivity contribution is -0.121. The average Bonchev–Trinajstić information content (AvgIpc) is 2.42. The van der Waals surface area contributed by atoms with E-state index in [-0.39, 0.29) is 16.7 Å². The zero-order valence-electron chi connectivity index (χ0n) is 13.5. The first kappa shape index (κ1) is 17.7. The third-order valence-corrected chi connectivity index (χ3v) is 4.49. The quantitative estimate of drug-likeness (QED) is 0.598. The van der Waals surface area contributed by atoms with E-state index in [9.17, 15) is 4.79 Å². The third kappa shape index (κ3) is 5.50. The first-order chi connectivity index (χ1) is 9.79. The zero-order valence-corrected chi connectivity index (χ0v) is 14.3. The second-order valence-electron chi connectivity index (χ2n) is 5.62. The van der Waals surface area contributed by atoms with Gasteiger partial charge in [0, 0.05) is 16.1 Å². The Morgan fingerprint density at radius 1 is 1.43 bits per heavy atom. The zero-order chi connectivity index (χ0) is 16.0. The lowest BCUT2D eigenvalue weighted by atomic mass is 10.0. The normalized spacial score (nSPS) is 12.8. The van der Waals surface area contributed by atoms with E-state index in [0.717, 1.165) is 17.1 Å². The molecule has 0 radical (unpaired) electrons. The topological polar surface area (TPSA) is 64.3 Å². The van der Waals surface area contributed by atoms with Gasteiger partial charge in [0.05, 0.1) is 11.9 Å². The standard InChI is InChI=1S/C16H26N2O2S/c1-6-16(4,5)18-15(19)11(3)21-14-10-12(20-7-2)8-9-13(14)17/h8-11H,6-7,17H2,1-5H3,(H,18,19). The number of thioether (sulfide) groups is 1. The van der Waals surface area contributed by atoms with Gasteiger partial charge in [-0.25, -0.2) is 0 Å². The smallest absolute Gasteiger partial charge is 0.233 e. The number of nitrogens with two attached hydrogens (primary N) is 1. The minimum absolute atomic E-state index is 0.0214. The molecular formula is C16H26N2O2S. The summed E-state index contributed by atoms with van der Waals surface area (Å²) in [6.45, 7) is 10.5. The molecule has 0 saturated carbocycles. The molecule has 5 heteroatoms. The molecule has 1 aromatic rings. The van der Waals surface area contributed by atoms with Gasteiger partial charge < -0.3 is 15.8 Å². The Morgan fingerprint density at radius 2 is 2.10 bits per heavy atom. The van der Waals surface area contributed by atoms with Gasteiger partial charge in [0.1, 0.15) is 5.75 Å². The predicted octanol–water partition coefficient (Wildman–Crippen LogP) is 3.45. The summed E-state index contributed by atoms with van der Waals surface area (Å²) in [4.78, 5) is 13.1. The third-order valence-electron chi connectivity index (χ3n) is 3.31. The Kier molecular flexibility index (Phi) is 6.40. The summed E-state index contributed by atoms with van der Waals surface area (Å²) in [5, 5.41) is 2.84. The first-order valence-electron chi connectivity index (χ1n) is 7.30. The monoisotopic (exact) mass is 310 g/mol. The highest BCUT2D eigenvalue weighted by Crippen LogP contribution is 2.32. The molecule has 0 aliphatic carbocycles. The molecule has 0 aliphatic rings. The molecule has 0 heterocycles. The maximum Gasteiger partial charge on any atom is 0.233 e. The van der Waals surface area contributed by atoms with Gasteiger partial charge in [-0.2, -0.15) is 0 Å². The van der Waals surface area contributed by atoms with Gasteiger partial charge in [0.2, 0.25) is 5.91 Å². The second-order valence-corrected chi connectivity index (χ2v) is 7.00. The predicted molar refractivity (Wildman–Crippen MR) is 89.9 cm³/mol. The van der Waals surface area contributed by atoms with Crippen LogP contribution in [0.15, 0.2) is 23.1 Å². The summed E-state index contributed by atoms with van der Waals surface area (Å²) in [5.41, 5.74) is 6.45. The fourth-order valence-electron chi connectivity index (χ4n) is 1.64. The summed E-state index contributed by atoms with van der Waals surface area (Å²) >= 11 is 1.45. The molecule has 1 rings (SSSR count). The van der Waals surface area contributed by atoms with Crippen LogP contribution in [0.25, 0.3) is 0 Å². The van der Waals surface area contributed by atoms with Gasteiger partial charge in [0.15, 0.2) is 0 Å². The maximum atomic E-state index is 12.2. The number of ether oxygens (including phenoxy) is 1. The Labute approximate surface area is 131 Å². The number of nitrogens with one attached hydrogen (secondary N) is 1. The van der Waals surface area contributed by atoms with Crippen LogP contribution < -0.4 is 15.8 Å². The van der Waals surface area contributed by atoms with E-state index in [2.05, 4.69) is 12.2 Å². The number of carbonyl (C=O) groups excluding carboxylic acids is 1. The Balaban J connectivity index is 2.76. The Bertz CT molecular complexity index is 489. The number of rotatable bonds is 7. The van der Waals surface area contributed by atoms with Gasteiger partial charge in [-0.05, 0) is 52.3 Å². The molecule has 0 spiro atoms. The van der Waals surface area contributed by atoms with E-state index >= 15 is 0 Å². The van der Waals surface area contributed by atoms with Crippen molar-refractivity contribution in [1.29, 1.82) is 0 Å². The maximum absolute atomic E-state index is 12.2. The van der Waals surface area contributed by atoms with Crippen LogP contribution in [0.5, 0.6) is 5.75 Å². The van der Waals surface area contributed by atoms with Crippen molar-refractivity contribution in [2.75, 3.05) is 12.3 Å². The highest BCUT2D eigenvalue weighted by Gasteiger charge is 2.23. The molecule has 1 amide bonds.